The molecule has 17 heavy (non-hydrogen) atoms. The third-order valence-corrected chi connectivity index (χ3v) is 4.28. The Bertz CT molecular complexity index is 362. The second-order valence-corrected chi connectivity index (χ2v) is 5.71. The van der Waals surface area contributed by atoms with Gasteiger partial charge in [0.2, 0.25) is 0 Å². The Morgan fingerprint density at radius 1 is 1.53 bits per heavy atom. The van der Waals surface area contributed by atoms with Gasteiger partial charge in [0.1, 0.15) is 0 Å². The molecule has 0 aliphatic rings. The van der Waals surface area contributed by atoms with Crippen LogP contribution in [0.3, 0.4) is 0 Å². The van der Waals surface area contributed by atoms with Crippen molar-refractivity contribution in [3.8, 4) is 0 Å². The maximum Gasteiger partial charge on any atom is 0.264 e. The Balaban J connectivity index is 2.78. The molecule has 96 valence electrons. The second-order valence-electron chi connectivity index (χ2n) is 4.28. The molecule has 1 amide bonds. The molecule has 1 aromatic rings. The van der Waals surface area contributed by atoms with Crippen molar-refractivity contribution < 1.29 is 4.79 Å². The summed E-state index contributed by atoms with van der Waals surface area (Å²) in [5, 5.41) is 1.91. The summed E-state index contributed by atoms with van der Waals surface area (Å²) in [5.74, 6) is 0.151. The van der Waals surface area contributed by atoms with Crippen LogP contribution in [0.4, 0.5) is 0 Å². The molecule has 0 bridgehead atoms. The van der Waals surface area contributed by atoms with Gasteiger partial charge in [-0.15, -0.1) is 24.0 Å². The molecule has 0 spiro atoms. The van der Waals surface area contributed by atoms with Crippen LogP contribution >= 0.6 is 24.0 Å². The van der Waals surface area contributed by atoms with Crippen LogP contribution in [0, 0.1) is 0 Å². The van der Waals surface area contributed by atoms with E-state index in [9.17, 15) is 4.79 Å². The fraction of sp³-hybridized carbons (Fsp3) is 0.615. The molecule has 1 unspecified atom stereocenters. The first-order valence-corrected chi connectivity index (χ1v) is 7.51. The van der Waals surface area contributed by atoms with E-state index in [0.717, 1.165) is 35.6 Å². The molecule has 1 aromatic heterocycles. The summed E-state index contributed by atoms with van der Waals surface area (Å²) >= 11 is 5.73. The van der Waals surface area contributed by atoms with Crippen LogP contribution in [0.2, 0.25) is 0 Å². The molecule has 0 saturated carbocycles. The fourth-order valence-corrected chi connectivity index (χ4v) is 2.75. The zero-order valence-electron chi connectivity index (χ0n) is 10.8. The van der Waals surface area contributed by atoms with E-state index < -0.39 is 0 Å². The lowest BCUT2D eigenvalue weighted by Gasteiger charge is -2.28. The van der Waals surface area contributed by atoms with Crippen molar-refractivity contribution in [1.82, 2.24) is 4.90 Å². The predicted octanol–water partition coefficient (Wildman–Crippen LogP) is 4.08. The third kappa shape index (κ3) is 4.03. The van der Waals surface area contributed by atoms with Crippen molar-refractivity contribution in [2.24, 2.45) is 0 Å². The van der Waals surface area contributed by atoms with Gasteiger partial charge in [-0.3, -0.25) is 4.79 Å². The van der Waals surface area contributed by atoms with Gasteiger partial charge in [-0.2, -0.15) is 0 Å². The number of thiol groups is 1. The summed E-state index contributed by atoms with van der Waals surface area (Å²) in [6.45, 7) is 7.23. The first kappa shape index (κ1) is 14.6. The highest BCUT2D eigenvalue weighted by Gasteiger charge is 2.20. The number of amides is 1. The van der Waals surface area contributed by atoms with Crippen molar-refractivity contribution in [2.45, 2.75) is 51.0 Å². The number of unbranched alkanes of at least 4 members (excludes halogenated alkanes) is 1. The lowest BCUT2D eigenvalue weighted by atomic mass is 10.2. The molecule has 0 radical (unpaired) electrons. The topological polar surface area (TPSA) is 20.3 Å². The standard InChI is InChI=1S/C13H21NOS2/c1-4-6-7-14(10(3)5-2)13(15)12-8-11(16)9-17-12/h8-10,16H,4-7H2,1-3H3. The minimum atomic E-state index is 0.151. The highest BCUT2D eigenvalue weighted by Crippen LogP contribution is 2.21. The van der Waals surface area contributed by atoms with Gasteiger partial charge in [-0.05, 0) is 25.8 Å². The van der Waals surface area contributed by atoms with Crippen molar-refractivity contribution >= 4 is 29.9 Å². The number of carbonyl (C=O) groups excluding carboxylic acids is 1. The van der Waals surface area contributed by atoms with E-state index in [4.69, 9.17) is 0 Å². The van der Waals surface area contributed by atoms with Crippen molar-refractivity contribution in [3.63, 3.8) is 0 Å². The van der Waals surface area contributed by atoms with Gasteiger partial charge in [-0.1, -0.05) is 20.3 Å². The molecule has 1 rings (SSSR count). The predicted molar refractivity (Wildman–Crippen MR) is 77.3 cm³/mol. The first-order chi connectivity index (χ1) is 8.10. The van der Waals surface area contributed by atoms with Crippen LogP contribution in [0.15, 0.2) is 16.3 Å². The summed E-state index contributed by atoms with van der Waals surface area (Å²) in [5.41, 5.74) is 0. The monoisotopic (exact) mass is 271 g/mol. The quantitative estimate of drug-likeness (QED) is 0.773. The maximum atomic E-state index is 12.4. The van der Waals surface area contributed by atoms with Crippen LogP contribution < -0.4 is 0 Å². The first-order valence-electron chi connectivity index (χ1n) is 6.18. The van der Waals surface area contributed by atoms with Crippen LogP contribution in [-0.2, 0) is 0 Å². The average Bonchev–Trinajstić information content (AvgIpc) is 2.75. The highest BCUT2D eigenvalue weighted by atomic mass is 32.1. The molecular formula is C13H21NOS2. The van der Waals surface area contributed by atoms with E-state index in [1.807, 2.05) is 16.3 Å². The van der Waals surface area contributed by atoms with Crippen LogP contribution in [0.25, 0.3) is 0 Å². The number of thiophene rings is 1. The summed E-state index contributed by atoms with van der Waals surface area (Å²) in [6.07, 6.45) is 3.17. The van der Waals surface area contributed by atoms with Gasteiger partial charge in [0.25, 0.3) is 5.91 Å². The molecule has 0 saturated heterocycles. The number of nitrogens with zero attached hydrogens (tertiary/aromatic N) is 1. The van der Waals surface area contributed by atoms with Gasteiger partial charge in [0, 0.05) is 22.9 Å². The van der Waals surface area contributed by atoms with E-state index in [0.29, 0.717) is 6.04 Å². The van der Waals surface area contributed by atoms with Gasteiger partial charge in [-0.25, -0.2) is 0 Å². The van der Waals surface area contributed by atoms with E-state index in [-0.39, 0.29) is 5.91 Å². The molecular weight excluding hydrogens is 250 g/mol. The van der Waals surface area contributed by atoms with Gasteiger partial charge < -0.3 is 4.90 Å². The molecule has 2 nitrogen and oxygen atoms in total. The molecule has 4 heteroatoms. The zero-order valence-corrected chi connectivity index (χ0v) is 12.5. The Morgan fingerprint density at radius 3 is 2.71 bits per heavy atom. The summed E-state index contributed by atoms with van der Waals surface area (Å²) in [6, 6.07) is 2.16. The van der Waals surface area contributed by atoms with Crippen LogP contribution in [0.5, 0.6) is 0 Å². The molecule has 0 fully saturated rings. The highest BCUT2D eigenvalue weighted by molar-refractivity contribution is 7.80. The van der Waals surface area contributed by atoms with Crippen molar-refractivity contribution in [3.05, 3.63) is 16.3 Å². The fourth-order valence-electron chi connectivity index (χ4n) is 1.65. The summed E-state index contributed by atoms with van der Waals surface area (Å²) in [7, 11) is 0. The minimum absolute atomic E-state index is 0.151. The molecule has 0 aliphatic heterocycles. The smallest absolute Gasteiger partial charge is 0.264 e. The molecule has 0 N–H and O–H groups in total. The average molecular weight is 271 g/mol. The summed E-state index contributed by atoms with van der Waals surface area (Å²) < 4.78 is 0. The lowest BCUT2D eigenvalue weighted by Crippen LogP contribution is -2.38. The second kappa shape index (κ2) is 7.07. The number of rotatable bonds is 6. The molecule has 0 aliphatic carbocycles. The van der Waals surface area contributed by atoms with Crippen molar-refractivity contribution in [2.75, 3.05) is 6.54 Å². The third-order valence-electron chi connectivity index (χ3n) is 2.93. The van der Waals surface area contributed by atoms with E-state index in [1.165, 1.54) is 11.3 Å². The Labute approximate surface area is 113 Å². The molecule has 0 aromatic carbocycles. The van der Waals surface area contributed by atoms with Crippen LogP contribution in [-0.4, -0.2) is 23.4 Å². The minimum Gasteiger partial charge on any atom is -0.335 e. The molecule has 1 atom stereocenters. The van der Waals surface area contributed by atoms with Gasteiger partial charge in [0.05, 0.1) is 4.88 Å². The number of hydrogen-bond donors (Lipinski definition) is 1. The number of carbonyl (C=O) groups is 1. The van der Waals surface area contributed by atoms with Gasteiger partial charge in [0.15, 0.2) is 0 Å². The Morgan fingerprint density at radius 2 is 2.24 bits per heavy atom. The lowest BCUT2D eigenvalue weighted by molar-refractivity contribution is 0.0690. The van der Waals surface area contributed by atoms with Crippen molar-refractivity contribution in [1.29, 1.82) is 0 Å². The largest absolute Gasteiger partial charge is 0.335 e. The maximum absolute atomic E-state index is 12.4. The number of hydrogen-bond acceptors (Lipinski definition) is 3. The van der Waals surface area contributed by atoms with E-state index >= 15 is 0 Å². The SMILES string of the molecule is CCCCN(C(=O)c1cc(S)cs1)C(C)CC. The van der Waals surface area contributed by atoms with E-state index in [2.05, 4.69) is 33.4 Å². The Kier molecular flexibility index (Phi) is 6.06. The normalized spacial score (nSPS) is 12.5. The summed E-state index contributed by atoms with van der Waals surface area (Å²) in [4.78, 5) is 16.0. The van der Waals surface area contributed by atoms with Gasteiger partial charge >= 0.3 is 0 Å². The zero-order chi connectivity index (χ0) is 12.8. The van der Waals surface area contributed by atoms with Crippen LogP contribution in [0.1, 0.15) is 49.7 Å². The Hall–Kier alpha value is -0.480. The van der Waals surface area contributed by atoms with E-state index in [1.54, 1.807) is 0 Å². The molecule has 1 heterocycles.